The van der Waals surface area contributed by atoms with Gasteiger partial charge in [0.25, 0.3) is 0 Å². The molecule has 2 aliphatic carbocycles. The molecule has 0 bridgehead atoms. The summed E-state index contributed by atoms with van der Waals surface area (Å²) in [6, 6.07) is 5.85. The van der Waals surface area contributed by atoms with Crippen LogP contribution in [0.25, 0.3) is 0 Å². The molecule has 240 valence electrons. The molecule has 0 aromatic heterocycles. The SMILES string of the molecule is CC1CC=C(C(F)(F)F)C=C1N1CNC(=O)C12CCN(CCCC1(c3ccc(Cl)c(Cl)c3)CCN(C(=O)C3CCC3)C1)CC2. The molecule has 1 spiro atoms. The lowest BCUT2D eigenvalue weighted by Crippen LogP contribution is -2.56. The fourth-order valence-electron chi connectivity index (χ4n) is 7.92. The van der Waals surface area contributed by atoms with Crippen molar-refractivity contribution in [2.24, 2.45) is 11.8 Å². The van der Waals surface area contributed by atoms with Gasteiger partial charge in [-0.3, -0.25) is 9.59 Å². The Bertz CT molecular complexity index is 1350. The first-order valence-electron chi connectivity index (χ1n) is 15.9. The average molecular weight is 654 g/mol. The molecule has 5 aliphatic rings. The lowest BCUT2D eigenvalue weighted by Gasteiger charge is -2.46. The van der Waals surface area contributed by atoms with E-state index in [4.69, 9.17) is 23.2 Å². The summed E-state index contributed by atoms with van der Waals surface area (Å²) in [5, 5.41) is 3.97. The van der Waals surface area contributed by atoms with Crippen molar-refractivity contribution in [2.45, 2.75) is 81.8 Å². The highest BCUT2D eigenvalue weighted by Crippen LogP contribution is 2.44. The summed E-state index contributed by atoms with van der Waals surface area (Å²) in [6.45, 7) is 5.82. The van der Waals surface area contributed by atoms with Crippen molar-refractivity contribution in [3.05, 3.63) is 57.2 Å². The number of hydrogen-bond acceptors (Lipinski definition) is 4. The van der Waals surface area contributed by atoms with E-state index in [-0.39, 0.29) is 35.7 Å². The van der Waals surface area contributed by atoms with Crippen molar-refractivity contribution in [2.75, 3.05) is 39.4 Å². The van der Waals surface area contributed by atoms with Gasteiger partial charge in [-0.1, -0.05) is 48.7 Å². The van der Waals surface area contributed by atoms with Crippen LogP contribution in [0.3, 0.4) is 0 Å². The number of halogens is 5. The highest BCUT2D eigenvalue weighted by atomic mass is 35.5. The van der Waals surface area contributed by atoms with Gasteiger partial charge in [-0.05, 0) is 87.6 Å². The highest BCUT2D eigenvalue weighted by Gasteiger charge is 2.52. The minimum Gasteiger partial charge on any atom is -0.342 e. The van der Waals surface area contributed by atoms with Gasteiger partial charge in [-0.15, -0.1) is 0 Å². The standard InChI is InChI=1S/C33H41Cl2F3N4O2/c1-22-6-7-25(33(36,37)38)19-28(22)42-21-39-30(44)32(42)12-15-40(16-13-32)14-3-10-31(24-8-9-26(34)27(35)18-24)11-17-41(20-31)29(43)23-4-2-5-23/h7-9,18-19,22-23H,2-6,10-17,20-21H2,1H3,(H,39,44). The van der Waals surface area contributed by atoms with Crippen molar-refractivity contribution in [3.8, 4) is 0 Å². The largest absolute Gasteiger partial charge is 0.416 e. The van der Waals surface area contributed by atoms with Gasteiger partial charge in [0.2, 0.25) is 11.8 Å². The smallest absolute Gasteiger partial charge is 0.342 e. The van der Waals surface area contributed by atoms with Crippen molar-refractivity contribution in [1.82, 2.24) is 20.0 Å². The van der Waals surface area contributed by atoms with E-state index < -0.39 is 17.3 Å². The topological polar surface area (TPSA) is 55.9 Å². The Kier molecular flexibility index (Phi) is 8.78. The summed E-state index contributed by atoms with van der Waals surface area (Å²) >= 11 is 12.7. The number of piperidine rings is 1. The van der Waals surface area contributed by atoms with Crippen molar-refractivity contribution in [3.63, 3.8) is 0 Å². The number of nitrogens with one attached hydrogen (secondary N) is 1. The molecule has 44 heavy (non-hydrogen) atoms. The third-order valence-corrected chi connectivity index (χ3v) is 11.7. The maximum absolute atomic E-state index is 13.6. The maximum Gasteiger partial charge on any atom is 0.416 e. The van der Waals surface area contributed by atoms with Crippen LogP contribution in [0.2, 0.25) is 10.0 Å². The van der Waals surface area contributed by atoms with Crippen LogP contribution >= 0.6 is 23.2 Å². The molecule has 1 aromatic carbocycles. The fourth-order valence-corrected chi connectivity index (χ4v) is 8.22. The van der Waals surface area contributed by atoms with E-state index in [1.165, 1.54) is 12.2 Å². The minimum absolute atomic E-state index is 0.0888. The number of carbonyl (C=O) groups excluding carboxylic acids is 2. The number of alkyl halides is 3. The van der Waals surface area contributed by atoms with Gasteiger partial charge in [-0.2, -0.15) is 13.2 Å². The highest BCUT2D eigenvalue weighted by molar-refractivity contribution is 6.42. The number of allylic oxidation sites excluding steroid dienone is 4. The first kappa shape index (κ1) is 31.7. The van der Waals surface area contributed by atoms with Gasteiger partial charge >= 0.3 is 6.18 Å². The Balaban J connectivity index is 1.11. The third kappa shape index (κ3) is 5.89. The van der Waals surface area contributed by atoms with Gasteiger partial charge in [0.15, 0.2) is 0 Å². The Labute approximate surface area is 267 Å². The molecule has 2 unspecified atom stereocenters. The minimum atomic E-state index is -4.41. The molecule has 1 aromatic rings. The molecular weight excluding hydrogens is 612 g/mol. The summed E-state index contributed by atoms with van der Waals surface area (Å²) < 4.78 is 40.7. The van der Waals surface area contributed by atoms with Crippen molar-refractivity contribution >= 4 is 35.0 Å². The van der Waals surface area contributed by atoms with Crippen LogP contribution in [0.5, 0.6) is 0 Å². The number of amides is 2. The average Bonchev–Trinajstić information content (AvgIpc) is 3.52. The molecule has 3 aliphatic heterocycles. The molecule has 2 atom stereocenters. The van der Waals surface area contributed by atoms with E-state index in [0.29, 0.717) is 54.6 Å². The molecular formula is C33H41Cl2F3N4O2. The summed E-state index contributed by atoms with van der Waals surface area (Å²) in [6.07, 6.45) is 5.30. The van der Waals surface area contributed by atoms with E-state index in [9.17, 15) is 22.8 Å². The lowest BCUT2D eigenvalue weighted by molar-refractivity contribution is -0.137. The van der Waals surface area contributed by atoms with Crippen LogP contribution in [0.15, 0.2) is 41.6 Å². The zero-order valence-corrected chi connectivity index (χ0v) is 26.7. The molecule has 6 nitrogen and oxygen atoms in total. The van der Waals surface area contributed by atoms with Crippen molar-refractivity contribution in [1.29, 1.82) is 0 Å². The van der Waals surface area contributed by atoms with E-state index in [1.54, 1.807) is 0 Å². The molecule has 4 fully saturated rings. The number of rotatable bonds is 7. The Morgan fingerprint density at radius 3 is 2.50 bits per heavy atom. The predicted octanol–water partition coefficient (Wildman–Crippen LogP) is 6.68. The Hall–Kier alpha value is -2.23. The van der Waals surface area contributed by atoms with E-state index in [1.807, 2.05) is 34.9 Å². The van der Waals surface area contributed by atoms with Crippen molar-refractivity contribution < 1.29 is 22.8 Å². The number of hydrogen-bond donors (Lipinski definition) is 1. The Morgan fingerprint density at radius 2 is 1.84 bits per heavy atom. The van der Waals surface area contributed by atoms with Crippen LogP contribution in [-0.4, -0.2) is 77.6 Å². The van der Waals surface area contributed by atoms with Crippen LogP contribution < -0.4 is 5.32 Å². The zero-order valence-electron chi connectivity index (χ0n) is 25.2. The third-order valence-electron chi connectivity index (χ3n) is 10.9. The quantitative estimate of drug-likeness (QED) is 0.357. The summed E-state index contributed by atoms with van der Waals surface area (Å²) in [5.74, 6) is 0.257. The molecule has 1 N–H and O–H groups in total. The maximum atomic E-state index is 13.6. The second-order valence-electron chi connectivity index (χ2n) is 13.5. The first-order valence-corrected chi connectivity index (χ1v) is 16.7. The normalized spacial score (nSPS) is 27.8. The van der Waals surface area contributed by atoms with E-state index >= 15 is 0 Å². The van der Waals surface area contributed by atoms with Crippen LogP contribution in [0.1, 0.15) is 70.3 Å². The monoisotopic (exact) mass is 652 g/mol. The number of carbonyl (C=O) groups is 2. The van der Waals surface area contributed by atoms with Gasteiger partial charge in [0.1, 0.15) is 5.54 Å². The molecule has 1 saturated carbocycles. The number of likely N-dealkylation sites (tertiary alicyclic amines) is 2. The van der Waals surface area contributed by atoms with Crippen LogP contribution in [-0.2, 0) is 15.0 Å². The molecule has 2 amide bonds. The second-order valence-corrected chi connectivity index (χ2v) is 14.3. The molecule has 3 heterocycles. The summed E-state index contributed by atoms with van der Waals surface area (Å²) in [5.41, 5.74) is 0.0689. The molecule has 11 heteroatoms. The van der Waals surface area contributed by atoms with Crippen LogP contribution in [0.4, 0.5) is 13.2 Å². The van der Waals surface area contributed by atoms with Gasteiger partial charge in [0, 0.05) is 43.2 Å². The summed E-state index contributed by atoms with van der Waals surface area (Å²) in [7, 11) is 0. The summed E-state index contributed by atoms with van der Waals surface area (Å²) in [4.78, 5) is 32.7. The van der Waals surface area contributed by atoms with Gasteiger partial charge in [0.05, 0.1) is 22.3 Å². The lowest BCUT2D eigenvalue weighted by atomic mass is 9.75. The molecule has 6 rings (SSSR count). The fraction of sp³-hybridized carbons (Fsp3) is 0.636. The van der Waals surface area contributed by atoms with Crippen LogP contribution in [0, 0.1) is 11.8 Å². The zero-order chi connectivity index (χ0) is 31.3. The van der Waals surface area contributed by atoms with Gasteiger partial charge < -0.3 is 20.0 Å². The number of nitrogens with zero attached hydrogens (tertiary/aromatic N) is 3. The number of benzene rings is 1. The molecule has 3 saturated heterocycles. The van der Waals surface area contributed by atoms with E-state index in [0.717, 1.165) is 57.2 Å². The molecule has 0 radical (unpaired) electrons. The Morgan fingerprint density at radius 1 is 1.09 bits per heavy atom. The predicted molar refractivity (Wildman–Crippen MR) is 165 cm³/mol. The first-order chi connectivity index (χ1) is 20.9. The van der Waals surface area contributed by atoms with E-state index in [2.05, 4.69) is 10.2 Å². The second kappa shape index (κ2) is 12.2. The van der Waals surface area contributed by atoms with Gasteiger partial charge in [-0.25, -0.2) is 0 Å².